The van der Waals surface area contributed by atoms with Crippen molar-refractivity contribution in [2.24, 2.45) is 0 Å². The van der Waals surface area contributed by atoms with Crippen molar-refractivity contribution in [2.45, 2.75) is 0 Å². The van der Waals surface area contributed by atoms with Crippen molar-refractivity contribution in [3.05, 3.63) is 69.8 Å². The molecule has 0 fully saturated rings. The third kappa shape index (κ3) is 2.22. The molecule has 0 saturated carbocycles. The predicted octanol–water partition coefficient (Wildman–Crippen LogP) is 3.57. The Bertz CT molecular complexity index is 1180. The summed E-state index contributed by atoms with van der Waals surface area (Å²) < 4.78 is 6.44. The van der Waals surface area contributed by atoms with E-state index in [0.717, 1.165) is 11.1 Å². The Hall–Kier alpha value is -3.12. The summed E-state index contributed by atoms with van der Waals surface area (Å²) in [4.78, 5) is 26.1. The minimum absolute atomic E-state index is 0.146. The zero-order valence-corrected chi connectivity index (χ0v) is 14.2. The van der Waals surface area contributed by atoms with Gasteiger partial charge >= 0.3 is 5.97 Å². The highest BCUT2D eigenvalue weighted by atomic mass is 32.1. The number of thiophene rings is 1. The van der Waals surface area contributed by atoms with Gasteiger partial charge < -0.3 is 10.5 Å². The molecule has 0 aliphatic heterocycles. The Labute approximate surface area is 146 Å². The van der Waals surface area contributed by atoms with Crippen molar-refractivity contribution in [3.63, 3.8) is 0 Å². The average molecular weight is 350 g/mol. The van der Waals surface area contributed by atoms with Gasteiger partial charge in [0, 0.05) is 10.8 Å². The van der Waals surface area contributed by atoms with Gasteiger partial charge in [0.15, 0.2) is 0 Å². The first-order valence-corrected chi connectivity index (χ1v) is 8.44. The van der Waals surface area contributed by atoms with E-state index in [1.807, 2.05) is 48.5 Å². The molecular weight excluding hydrogens is 336 g/mol. The summed E-state index contributed by atoms with van der Waals surface area (Å²) in [6.07, 6.45) is 0. The van der Waals surface area contributed by atoms with Gasteiger partial charge in [0.05, 0.1) is 18.5 Å². The van der Waals surface area contributed by atoms with Crippen LogP contribution >= 0.6 is 11.3 Å². The smallest absolute Gasteiger partial charge is 0.350 e. The Morgan fingerprint density at radius 1 is 1.04 bits per heavy atom. The van der Waals surface area contributed by atoms with Crippen LogP contribution in [0.3, 0.4) is 0 Å². The molecule has 25 heavy (non-hydrogen) atoms. The second kappa shape index (κ2) is 5.75. The van der Waals surface area contributed by atoms with Crippen LogP contribution < -0.4 is 11.3 Å². The third-order valence-electron chi connectivity index (χ3n) is 4.14. The molecule has 0 unspecified atom stereocenters. The van der Waals surface area contributed by atoms with E-state index in [-0.39, 0.29) is 5.56 Å². The lowest BCUT2D eigenvalue weighted by atomic mass is 10.1. The highest BCUT2D eigenvalue weighted by Gasteiger charge is 2.23. The van der Waals surface area contributed by atoms with E-state index in [0.29, 0.717) is 26.2 Å². The Morgan fingerprint density at radius 3 is 2.36 bits per heavy atom. The minimum Gasteiger partial charge on any atom is -0.465 e. The first-order valence-electron chi connectivity index (χ1n) is 7.63. The monoisotopic (exact) mass is 350 g/mol. The molecule has 0 bridgehead atoms. The quantitative estimate of drug-likeness (QED) is 0.561. The lowest BCUT2D eigenvalue weighted by Gasteiger charge is -2.10. The van der Waals surface area contributed by atoms with Crippen LogP contribution in [-0.4, -0.2) is 17.6 Å². The summed E-state index contributed by atoms with van der Waals surface area (Å²) in [5.41, 5.74) is 7.19. The third-order valence-corrected chi connectivity index (χ3v) is 5.32. The van der Waals surface area contributed by atoms with Crippen LogP contribution in [0.2, 0.25) is 0 Å². The van der Waals surface area contributed by atoms with E-state index in [4.69, 9.17) is 10.5 Å². The maximum Gasteiger partial charge on any atom is 0.350 e. The molecule has 2 heterocycles. The van der Waals surface area contributed by atoms with E-state index in [1.54, 1.807) is 10.6 Å². The van der Waals surface area contributed by atoms with Crippen LogP contribution in [0.15, 0.2) is 59.4 Å². The molecule has 0 amide bonds. The highest BCUT2D eigenvalue weighted by molar-refractivity contribution is 7.21. The van der Waals surface area contributed by atoms with Gasteiger partial charge in [-0.2, -0.15) is 0 Å². The summed E-state index contributed by atoms with van der Waals surface area (Å²) >= 11 is 1.17. The topological polar surface area (TPSA) is 74.3 Å². The van der Waals surface area contributed by atoms with Crippen LogP contribution in [-0.2, 0) is 4.74 Å². The zero-order chi connectivity index (χ0) is 17.6. The van der Waals surface area contributed by atoms with Crippen LogP contribution in [0.4, 0.5) is 5.69 Å². The van der Waals surface area contributed by atoms with Crippen LogP contribution in [0.5, 0.6) is 0 Å². The normalized spacial score (nSPS) is 11.1. The van der Waals surface area contributed by atoms with Gasteiger partial charge in [0.2, 0.25) is 0 Å². The second-order valence-electron chi connectivity index (χ2n) is 5.54. The van der Waals surface area contributed by atoms with E-state index < -0.39 is 5.97 Å². The van der Waals surface area contributed by atoms with Gasteiger partial charge in [0.25, 0.3) is 5.56 Å². The number of nitrogen functional groups attached to an aromatic ring is 1. The number of para-hydroxylation sites is 1. The lowest BCUT2D eigenvalue weighted by Crippen LogP contribution is -2.18. The fraction of sp³-hybridized carbons (Fsp3) is 0.0526. The molecule has 6 heteroatoms. The van der Waals surface area contributed by atoms with Gasteiger partial charge in [-0.15, -0.1) is 11.3 Å². The molecule has 4 aromatic rings. The van der Waals surface area contributed by atoms with Gasteiger partial charge in [-0.1, -0.05) is 36.4 Å². The second-order valence-corrected chi connectivity index (χ2v) is 6.54. The van der Waals surface area contributed by atoms with Crippen LogP contribution in [0.1, 0.15) is 9.67 Å². The van der Waals surface area contributed by atoms with Crippen LogP contribution in [0.25, 0.3) is 26.7 Å². The average Bonchev–Trinajstić information content (AvgIpc) is 2.99. The molecular formula is C19H14N2O3S. The van der Waals surface area contributed by atoms with E-state index in [9.17, 15) is 9.59 Å². The first-order chi connectivity index (χ1) is 12.1. The maximum absolute atomic E-state index is 13.1. The van der Waals surface area contributed by atoms with Gasteiger partial charge in [-0.25, -0.2) is 4.79 Å². The molecule has 5 nitrogen and oxygen atoms in total. The van der Waals surface area contributed by atoms with Gasteiger partial charge in [-0.05, 0) is 23.6 Å². The van der Waals surface area contributed by atoms with Crippen molar-refractivity contribution in [3.8, 4) is 5.69 Å². The number of fused-ring (bicyclic) bond motifs is 3. The lowest BCUT2D eigenvalue weighted by molar-refractivity contribution is 0.0607. The van der Waals surface area contributed by atoms with Gasteiger partial charge in [-0.3, -0.25) is 9.36 Å². The fourth-order valence-electron chi connectivity index (χ4n) is 3.01. The minimum atomic E-state index is -0.505. The standard InChI is InChI=1S/C19H14N2O3S/c1-24-19(23)16-15(20)14-12-9-5-6-10-13(12)17(22)21(18(14)25-16)11-7-3-2-4-8-11/h2-10H,20H2,1H3. The van der Waals surface area contributed by atoms with Crippen LogP contribution in [0, 0.1) is 0 Å². The molecule has 2 aromatic heterocycles. The molecule has 2 N–H and O–H groups in total. The Balaban J connectivity index is 2.26. The number of ether oxygens (including phenoxy) is 1. The predicted molar refractivity (Wildman–Crippen MR) is 101 cm³/mol. The number of esters is 1. The van der Waals surface area contributed by atoms with E-state index in [1.165, 1.54) is 18.4 Å². The molecule has 0 spiro atoms. The number of pyridine rings is 1. The van der Waals surface area contributed by atoms with E-state index in [2.05, 4.69) is 0 Å². The fourth-order valence-corrected chi connectivity index (χ4v) is 4.18. The zero-order valence-electron chi connectivity index (χ0n) is 13.4. The molecule has 2 aromatic carbocycles. The van der Waals surface area contributed by atoms with Crippen molar-refractivity contribution in [1.29, 1.82) is 0 Å². The number of carbonyl (C=O) groups excluding carboxylic acids is 1. The summed E-state index contributed by atoms with van der Waals surface area (Å²) in [6.45, 7) is 0. The Morgan fingerprint density at radius 2 is 1.68 bits per heavy atom. The number of methoxy groups -OCH3 is 1. The largest absolute Gasteiger partial charge is 0.465 e. The number of aromatic nitrogens is 1. The number of carbonyl (C=O) groups is 1. The molecule has 124 valence electrons. The summed E-state index contributed by atoms with van der Waals surface area (Å²) in [5.74, 6) is -0.505. The molecule has 0 aliphatic rings. The molecule has 4 rings (SSSR count). The molecule has 0 saturated heterocycles. The van der Waals surface area contributed by atoms with Crippen molar-refractivity contribution < 1.29 is 9.53 Å². The first kappa shape index (κ1) is 15.4. The number of nitrogens with zero attached hydrogens (tertiary/aromatic N) is 1. The molecule has 0 aliphatic carbocycles. The Kier molecular flexibility index (Phi) is 3.54. The molecule has 0 atom stereocenters. The maximum atomic E-state index is 13.1. The summed E-state index contributed by atoms with van der Waals surface area (Å²) in [6, 6.07) is 16.6. The number of rotatable bonds is 2. The highest BCUT2D eigenvalue weighted by Crippen LogP contribution is 2.38. The van der Waals surface area contributed by atoms with Gasteiger partial charge in [0.1, 0.15) is 9.71 Å². The number of hydrogen-bond donors (Lipinski definition) is 1. The number of anilines is 1. The van der Waals surface area contributed by atoms with Crippen molar-refractivity contribution >= 4 is 44.0 Å². The number of hydrogen-bond acceptors (Lipinski definition) is 5. The number of benzene rings is 2. The molecule has 0 radical (unpaired) electrons. The summed E-state index contributed by atoms with van der Waals surface area (Å²) in [7, 11) is 1.31. The number of nitrogens with two attached hydrogens (primary N) is 1. The van der Waals surface area contributed by atoms with Crippen molar-refractivity contribution in [1.82, 2.24) is 4.57 Å². The van der Waals surface area contributed by atoms with Crippen molar-refractivity contribution in [2.75, 3.05) is 12.8 Å². The van der Waals surface area contributed by atoms with E-state index >= 15 is 0 Å². The summed E-state index contributed by atoms with van der Waals surface area (Å²) in [5, 5.41) is 1.99. The SMILES string of the molecule is COC(=O)c1sc2c(c1N)c1ccccc1c(=O)n2-c1ccccc1.